The molecule has 0 aromatic heterocycles. The van der Waals surface area contributed by atoms with Crippen molar-refractivity contribution in [2.75, 3.05) is 17.3 Å². The molecule has 0 heterocycles. The summed E-state index contributed by atoms with van der Waals surface area (Å²) in [6.07, 6.45) is 9.50. The second-order valence-electron chi connectivity index (χ2n) is 6.47. The van der Waals surface area contributed by atoms with Crippen LogP contribution in [0.3, 0.4) is 0 Å². The van der Waals surface area contributed by atoms with Gasteiger partial charge in [0.15, 0.2) is 0 Å². The molecule has 0 fully saturated rings. The van der Waals surface area contributed by atoms with Crippen LogP contribution < -0.4 is 15.0 Å². The molecule has 1 N–H and O–H groups in total. The summed E-state index contributed by atoms with van der Waals surface area (Å²) in [6, 6.07) is 15.5. The Bertz CT molecular complexity index is 859. The first-order valence-corrected chi connectivity index (χ1v) is 10.2. The zero-order valence-corrected chi connectivity index (χ0v) is 18.0. The van der Waals surface area contributed by atoms with Crippen molar-refractivity contribution in [3.8, 4) is 5.75 Å². The van der Waals surface area contributed by atoms with Crippen molar-refractivity contribution >= 4 is 28.0 Å². The molecule has 1 amide bonds. The van der Waals surface area contributed by atoms with Gasteiger partial charge in [0.05, 0.1) is 0 Å². The van der Waals surface area contributed by atoms with Crippen LogP contribution in [0.4, 0.5) is 11.4 Å². The van der Waals surface area contributed by atoms with Crippen molar-refractivity contribution in [1.82, 2.24) is 0 Å². The molecule has 0 atom stereocenters. The van der Waals surface area contributed by atoms with E-state index in [1.165, 1.54) is 6.08 Å². The van der Waals surface area contributed by atoms with Gasteiger partial charge < -0.3 is 0 Å². The predicted molar refractivity (Wildman–Crippen MR) is 119 cm³/mol. The fourth-order valence-electron chi connectivity index (χ4n) is 2.77. The van der Waals surface area contributed by atoms with E-state index in [1.54, 1.807) is 7.11 Å². The number of hydrogen-bond donors (Lipinski definition) is 1. The first kappa shape index (κ1) is 22.6. The van der Waals surface area contributed by atoms with Gasteiger partial charge in [-0.05, 0) is 0 Å². The number of nitrogens with one attached hydrogen (secondary N) is 1. The number of anilines is 2. The fourth-order valence-corrected chi connectivity index (χ4v) is 3.14. The fraction of sp³-hybridized carbons (Fsp3) is 0.250. The van der Waals surface area contributed by atoms with Crippen LogP contribution in [0.5, 0.6) is 5.75 Å². The van der Waals surface area contributed by atoms with E-state index in [1.807, 2.05) is 65.7 Å². The molecule has 0 aliphatic rings. The average Bonchev–Trinajstić information content (AvgIpc) is 2.75. The molecule has 2 aromatic carbocycles. The average molecular weight is 435 g/mol. The third-order valence-corrected chi connectivity index (χ3v) is 4.83. The molecule has 0 aliphatic heterocycles. The Hall–Kier alpha value is -2.65. The standard InChI is InChI=1S/C24H28N2O2.Ni/c1-4-6-7-10-18-26(22-11-8-9-12-23(22)28-3)19-17-20-13-15-21(16-14-20)25-24(27)5-2;/h5,8-9,11-17,19H,2,4,6-7,10H2,1,3H3,(H,25,27);. The molecule has 0 bridgehead atoms. The van der Waals surface area contributed by atoms with Crippen molar-refractivity contribution in [3.63, 3.8) is 0 Å². The van der Waals surface area contributed by atoms with E-state index in [0.29, 0.717) is 0 Å². The van der Waals surface area contributed by atoms with Gasteiger partial charge in [-0.25, -0.2) is 0 Å². The summed E-state index contributed by atoms with van der Waals surface area (Å²) in [5.41, 5.74) is 2.66. The first-order valence-electron chi connectivity index (χ1n) is 9.71. The van der Waals surface area contributed by atoms with Gasteiger partial charge in [-0.3, -0.25) is 0 Å². The van der Waals surface area contributed by atoms with Crippen LogP contribution in [0.1, 0.15) is 38.2 Å². The molecule has 0 saturated heterocycles. The minimum atomic E-state index is -0.227. The minimum absolute atomic E-state index is 0.227. The van der Waals surface area contributed by atoms with Crippen molar-refractivity contribution in [2.24, 2.45) is 0 Å². The van der Waals surface area contributed by atoms with Crippen LogP contribution in [0, 0.1) is 0 Å². The third kappa shape index (κ3) is 7.03. The van der Waals surface area contributed by atoms with Crippen molar-refractivity contribution in [1.29, 1.82) is 0 Å². The van der Waals surface area contributed by atoms with E-state index < -0.39 is 0 Å². The maximum atomic E-state index is 11.4. The van der Waals surface area contributed by atoms with Crippen molar-refractivity contribution in [3.05, 3.63) is 72.9 Å². The number of methoxy groups -OCH3 is 1. The molecule has 2 rings (SSSR count). The summed E-state index contributed by atoms with van der Waals surface area (Å²) < 4.78 is 6.44. The summed E-state index contributed by atoms with van der Waals surface area (Å²) in [5, 5.41) is 2.74. The van der Waals surface area contributed by atoms with Gasteiger partial charge in [-0.15, -0.1) is 0 Å². The number of rotatable bonds is 11. The Kier molecular flexibility index (Phi) is 9.39. The number of amides is 1. The Morgan fingerprint density at radius 1 is 1.17 bits per heavy atom. The Balaban J connectivity index is 2.23. The van der Waals surface area contributed by atoms with Crippen molar-refractivity contribution < 1.29 is 24.6 Å². The molecular weight excluding hydrogens is 407 g/mol. The topological polar surface area (TPSA) is 41.6 Å². The van der Waals surface area contributed by atoms with E-state index in [4.69, 9.17) is 19.8 Å². The Morgan fingerprint density at radius 3 is 2.55 bits per heavy atom. The van der Waals surface area contributed by atoms with Crippen LogP contribution in [0.15, 0.2) is 67.4 Å². The maximum absolute atomic E-state index is 11.4. The Labute approximate surface area is 181 Å². The van der Waals surface area contributed by atoms with E-state index in [9.17, 15) is 4.79 Å². The van der Waals surface area contributed by atoms with Crippen LogP contribution >= 0.6 is 0 Å². The van der Waals surface area contributed by atoms with E-state index in [-0.39, 0.29) is 5.91 Å². The molecule has 29 heavy (non-hydrogen) atoms. The zero-order chi connectivity index (χ0) is 21.1. The second-order valence-corrected chi connectivity index (χ2v) is 7.04. The van der Waals surface area contributed by atoms with E-state index in [0.717, 1.165) is 53.0 Å². The molecule has 4 nitrogen and oxygen atoms in total. The molecule has 5 heteroatoms. The van der Waals surface area contributed by atoms with Gasteiger partial charge in [-0.2, -0.15) is 0 Å². The van der Waals surface area contributed by atoms with Crippen LogP contribution in [-0.4, -0.2) is 17.6 Å². The van der Waals surface area contributed by atoms with Crippen LogP contribution in [-0.2, 0) is 19.8 Å². The van der Waals surface area contributed by atoms with Crippen molar-refractivity contribution in [2.45, 2.75) is 32.6 Å². The third-order valence-electron chi connectivity index (χ3n) is 4.34. The SMILES string of the molecule is C=CC(=O)Nc1ccc(C=CN([C](=[Ni])CCCCC)c2ccccc2OC)cc1. The summed E-state index contributed by atoms with van der Waals surface area (Å²) in [7, 11) is 1.67. The number of para-hydroxylation sites is 2. The summed E-state index contributed by atoms with van der Waals surface area (Å²) in [4.78, 5) is 13.4. The molecule has 2 aromatic rings. The molecule has 0 aliphatic carbocycles. The Morgan fingerprint density at radius 2 is 1.90 bits per heavy atom. The van der Waals surface area contributed by atoms with Gasteiger partial charge in [0.2, 0.25) is 0 Å². The number of carbonyl (C=O) groups excluding carboxylic acids is 1. The zero-order valence-electron chi connectivity index (χ0n) is 17.0. The van der Waals surface area contributed by atoms with E-state index in [2.05, 4.69) is 18.8 Å². The summed E-state index contributed by atoms with van der Waals surface area (Å²) in [5.74, 6) is 0.555. The van der Waals surface area contributed by atoms with Gasteiger partial charge >= 0.3 is 181 Å². The number of nitrogens with zero attached hydrogens (tertiary/aromatic N) is 1. The molecule has 0 unspecified atom stereocenters. The first-order chi connectivity index (χ1) is 14.1. The molecule has 156 valence electrons. The number of unbranched alkanes of at least 4 members (excludes halogenated alkanes) is 2. The van der Waals surface area contributed by atoms with E-state index >= 15 is 0 Å². The monoisotopic (exact) mass is 434 g/mol. The molecule has 0 radical (unpaired) electrons. The molecule has 0 saturated carbocycles. The normalized spacial score (nSPS) is 10.6. The van der Waals surface area contributed by atoms with Gasteiger partial charge in [0.25, 0.3) is 0 Å². The van der Waals surface area contributed by atoms with Crippen LogP contribution in [0.25, 0.3) is 6.08 Å². The quantitative estimate of drug-likeness (QED) is 0.286. The van der Waals surface area contributed by atoms with Gasteiger partial charge in [0, 0.05) is 0 Å². The molecule has 0 spiro atoms. The van der Waals surface area contributed by atoms with Crippen LogP contribution in [0.2, 0.25) is 0 Å². The van der Waals surface area contributed by atoms with Gasteiger partial charge in [-0.1, -0.05) is 0 Å². The number of hydrogen-bond acceptors (Lipinski definition) is 3. The summed E-state index contributed by atoms with van der Waals surface area (Å²) in [6.45, 7) is 5.64. The summed E-state index contributed by atoms with van der Waals surface area (Å²) >= 11 is 5.38. The number of ether oxygens (including phenoxy) is 1. The second kappa shape index (κ2) is 12.0. The predicted octanol–water partition coefficient (Wildman–Crippen LogP) is 5.55. The molecular formula is C24H28N2NiO2. The number of benzene rings is 2. The number of carbonyl (C=O) groups is 1. The van der Waals surface area contributed by atoms with Gasteiger partial charge in [0.1, 0.15) is 0 Å².